The second-order valence-electron chi connectivity index (χ2n) is 5.73. The van der Waals surface area contributed by atoms with Gasteiger partial charge in [0, 0.05) is 30.9 Å². The average Bonchev–Trinajstić information content (AvgIpc) is 2.95. The first kappa shape index (κ1) is 16.8. The number of nitrogens with zero attached hydrogens (tertiary/aromatic N) is 1. The Hall–Kier alpha value is -1.59. The van der Waals surface area contributed by atoms with Crippen LogP contribution in [0.4, 0.5) is 11.4 Å². The number of hydrogen-bond donors (Lipinski definition) is 2. The summed E-state index contributed by atoms with van der Waals surface area (Å²) in [6, 6.07) is 7.54. The van der Waals surface area contributed by atoms with Crippen LogP contribution < -0.4 is 15.5 Å². The molecule has 1 aromatic rings. The Morgan fingerprint density at radius 1 is 1.23 bits per heavy atom. The van der Waals surface area contributed by atoms with Gasteiger partial charge in [0.1, 0.15) is 0 Å². The predicted molar refractivity (Wildman–Crippen MR) is 89.5 cm³/mol. The summed E-state index contributed by atoms with van der Waals surface area (Å²) in [6.45, 7) is 2.55. The number of halogens is 1. The van der Waals surface area contributed by atoms with Gasteiger partial charge in [0.15, 0.2) is 0 Å². The Morgan fingerprint density at radius 2 is 2.00 bits per heavy atom. The van der Waals surface area contributed by atoms with E-state index in [0.29, 0.717) is 6.42 Å². The molecule has 0 spiro atoms. The Kier molecular flexibility index (Phi) is 5.80. The first-order valence-corrected chi connectivity index (χ1v) is 7.66. The summed E-state index contributed by atoms with van der Waals surface area (Å²) < 4.78 is 0. The van der Waals surface area contributed by atoms with E-state index in [9.17, 15) is 9.59 Å². The van der Waals surface area contributed by atoms with E-state index in [4.69, 9.17) is 0 Å². The van der Waals surface area contributed by atoms with Crippen LogP contribution in [0.25, 0.3) is 0 Å². The van der Waals surface area contributed by atoms with Crippen molar-refractivity contribution in [3.8, 4) is 0 Å². The van der Waals surface area contributed by atoms with E-state index in [1.54, 1.807) is 4.90 Å². The lowest BCUT2D eigenvalue weighted by Crippen LogP contribution is -2.37. The van der Waals surface area contributed by atoms with Crippen LogP contribution in [0.1, 0.15) is 25.7 Å². The lowest BCUT2D eigenvalue weighted by molar-refractivity contribution is -0.120. The molecule has 1 atom stereocenters. The topological polar surface area (TPSA) is 61.4 Å². The molecular formula is C16H22ClN3O2. The molecule has 0 bridgehead atoms. The number of hydrogen-bond acceptors (Lipinski definition) is 3. The monoisotopic (exact) mass is 323 g/mol. The van der Waals surface area contributed by atoms with Gasteiger partial charge in [-0.1, -0.05) is 0 Å². The van der Waals surface area contributed by atoms with Crippen molar-refractivity contribution in [3.05, 3.63) is 24.3 Å². The van der Waals surface area contributed by atoms with E-state index in [1.807, 2.05) is 24.3 Å². The van der Waals surface area contributed by atoms with Gasteiger partial charge in [0.25, 0.3) is 0 Å². The van der Waals surface area contributed by atoms with Crippen molar-refractivity contribution in [1.82, 2.24) is 5.32 Å². The van der Waals surface area contributed by atoms with E-state index < -0.39 is 0 Å². The second kappa shape index (κ2) is 7.61. The number of carbonyl (C=O) groups excluding carboxylic acids is 2. The van der Waals surface area contributed by atoms with Crippen molar-refractivity contribution in [2.24, 2.45) is 5.92 Å². The molecular weight excluding hydrogens is 302 g/mol. The number of carbonyl (C=O) groups is 2. The summed E-state index contributed by atoms with van der Waals surface area (Å²) in [4.78, 5) is 25.6. The fourth-order valence-corrected chi connectivity index (χ4v) is 2.97. The van der Waals surface area contributed by atoms with Crippen LogP contribution in [-0.4, -0.2) is 31.4 Å². The first-order chi connectivity index (χ1) is 10.2. The minimum Gasteiger partial charge on any atom is -0.326 e. The predicted octanol–water partition coefficient (Wildman–Crippen LogP) is 2.17. The number of rotatable bonds is 3. The quantitative estimate of drug-likeness (QED) is 0.896. The molecule has 22 heavy (non-hydrogen) atoms. The molecule has 6 heteroatoms. The zero-order valence-corrected chi connectivity index (χ0v) is 13.3. The van der Waals surface area contributed by atoms with Crippen LogP contribution in [-0.2, 0) is 9.59 Å². The maximum Gasteiger partial charge on any atom is 0.228 e. The highest BCUT2D eigenvalue weighted by molar-refractivity contribution is 5.96. The number of benzene rings is 1. The van der Waals surface area contributed by atoms with Gasteiger partial charge in [-0.05, 0) is 50.1 Å². The summed E-state index contributed by atoms with van der Waals surface area (Å²) in [5.74, 6) is 0.311. The van der Waals surface area contributed by atoms with E-state index >= 15 is 0 Å². The molecule has 0 aliphatic carbocycles. The van der Waals surface area contributed by atoms with Gasteiger partial charge in [-0.25, -0.2) is 0 Å². The zero-order chi connectivity index (χ0) is 14.7. The van der Waals surface area contributed by atoms with Crippen LogP contribution in [0.5, 0.6) is 0 Å². The van der Waals surface area contributed by atoms with Crippen LogP contribution >= 0.6 is 12.4 Å². The van der Waals surface area contributed by atoms with Gasteiger partial charge < -0.3 is 15.5 Å². The molecule has 0 unspecified atom stereocenters. The molecule has 0 radical (unpaired) electrons. The Morgan fingerprint density at radius 3 is 2.59 bits per heavy atom. The smallest absolute Gasteiger partial charge is 0.228 e. The van der Waals surface area contributed by atoms with E-state index in [-0.39, 0.29) is 30.1 Å². The summed E-state index contributed by atoms with van der Waals surface area (Å²) >= 11 is 0. The molecule has 2 amide bonds. The van der Waals surface area contributed by atoms with Crippen molar-refractivity contribution >= 4 is 35.6 Å². The number of nitrogens with one attached hydrogen (secondary N) is 2. The molecule has 3 rings (SSSR count). The molecule has 2 saturated heterocycles. The van der Waals surface area contributed by atoms with Gasteiger partial charge in [-0.3, -0.25) is 9.59 Å². The maximum absolute atomic E-state index is 12.1. The Balaban J connectivity index is 0.00000176. The highest BCUT2D eigenvalue weighted by Gasteiger charge is 2.22. The average molecular weight is 324 g/mol. The Labute approximate surface area is 136 Å². The molecule has 5 nitrogen and oxygen atoms in total. The first-order valence-electron chi connectivity index (χ1n) is 7.66. The lowest BCUT2D eigenvalue weighted by Gasteiger charge is -2.22. The standard InChI is InChI=1S/C16H21N3O2.ClH/c20-15-4-2-10-19(15)14-7-5-13(6-8-14)18-16(21)12-3-1-9-17-11-12;/h5-8,12,17H,1-4,9-11H2,(H,18,21);1H/t12-;/m1./s1. The maximum atomic E-state index is 12.1. The van der Waals surface area contributed by atoms with E-state index in [1.165, 1.54) is 0 Å². The number of anilines is 2. The third-order valence-corrected chi connectivity index (χ3v) is 4.19. The normalized spacial score (nSPS) is 21.4. The van der Waals surface area contributed by atoms with Crippen molar-refractivity contribution in [1.29, 1.82) is 0 Å². The largest absolute Gasteiger partial charge is 0.326 e. The van der Waals surface area contributed by atoms with Crippen LogP contribution in [0.3, 0.4) is 0 Å². The molecule has 2 fully saturated rings. The molecule has 0 aromatic heterocycles. The van der Waals surface area contributed by atoms with Crippen molar-refractivity contribution < 1.29 is 9.59 Å². The van der Waals surface area contributed by atoms with Gasteiger partial charge in [-0.2, -0.15) is 0 Å². The zero-order valence-electron chi connectivity index (χ0n) is 12.5. The van der Waals surface area contributed by atoms with Crippen molar-refractivity contribution in [2.75, 3.05) is 29.9 Å². The molecule has 120 valence electrons. The minimum absolute atomic E-state index is 0. The molecule has 0 saturated carbocycles. The van der Waals surface area contributed by atoms with Crippen LogP contribution in [0.15, 0.2) is 24.3 Å². The molecule has 2 aliphatic rings. The number of piperidine rings is 1. The minimum atomic E-state index is 0. The third kappa shape index (κ3) is 3.78. The molecule has 2 N–H and O–H groups in total. The third-order valence-electron chi connectivity index (χ3n) is 4.19. The SMILES string of the molecule is Cl.O=C(Nc1ccc(N2CCCC2=O)cc1)[C@@H]1CCCNC1. The summed E-state index contributed by atoms with van der Waals surface area (Å²) in [5, 5.41) is 6.21. The summed E-state index contributed by atoms with van der Waals surface area (Å²) in [5.41, 5.74) is 1.70. The fourth-order valence-electron chi connectivity index (χ4n) is 2.97. The van der Waals surface area contributed by atoms with Gasteiger partial charge in [0.05, 0.1) is 5.92 Å². The van der Waals surface area contributed by atoms with Crippen LogP contribution in [0.2, 0.25) is 0 Å². The highest BCUT2D eigenvalue weighted by Crippen LogP contribution is 2.23. The molecule has 1 aromatic carbocycles. The molecule has 2 aliphatic heterocycles. The number of amides is 2. The fraction of sp³-hybridized carbons (Fsp3) is 0.500. The van der Waals surface area contributed by atoms with Crippen molar-refractivity contribution in [3.63, 3.8) is 0 Å². The van der Waals surface area contributed by atoms with E-state index in [0.717, 1.165) is 50.3 Å². The van der Waals surface area contributed by atoms with Crippen molar-refractivity contribution in [2.45, 2.75) is 25.7 Å². The summed E-state index contributed by atoms with van der Waals surface area (Å²) in [7, 11) is 0. The summed E-state index contributed by atoms with van der Waals surface area (Å²) in [6.07, 6.45) is 3.55. The lowest BCUT2D eigenvalue weighted by atomic mass is 9.99. The Bertz CT molecular complexity index is 527. The van der Waals surface area contributed by atoms with E-state index in [2.05, 4.69) is 10.6 Å². The molecule has 2 heterocycles. The van der Waals surface area contributed by atoms with Gasteiger partial charge >= 0.3 is 0 Å². The van der Waals surface area contributed by atoms with Crippen LogP contribution in [0, 0.1) is 5.92 Å². The van der Waals surface area contributed by atoms with Gasteiger partial charge in [-0.15, -0.1) is 12.4 Å². The van der Waals surface area contributed by atoms with Gasteiger partial charge in [0.2, 0.25) is 11.8 Å². The second-order valence-corrected chi connectivity index (χ2v) is 5.73. The highest BCUT2D eigenvalue weighted by atomic mass is 35.5.